The molecule has 0 unspecified atom stereocenters. The highest BCUT2D eigenvalue weighted by molar-refractivity contribution is 7.89. The Balaban J connectivity index is 2.36. The zero-order chi connectivity index (χ0) is 14.9. The summed E-state index contributed by atoms with van der Waals surface area (Å²) in [6.07, 6.45) is 0.932. The molecular formula is C13H16FNO4S. The normalized spacial score (nSPS) is 24.5. The lowest BCUT2D eigenvalue weighted by Gasteiger charge is -2.36. The van der Waals surface area contributed by atoms with E-state index in [2.05, 4.69) is 0 Å². The quantitative estimate of drug-likeness (QED) is 0.922. The Kier molecular flexibility index (Phi) is 4.10. The second-order valence-corrected chi connectivity index (χ2v) is 6.79. The first-order chi connectivity index (χ1) is 9.34. The van der Waals surface area contributed by atoms with Crippen molar-refractivity contribution in [3.05, 3.63) is 30.1 Å². The van der Waals surface area contributed by atoms with E-state index in [1.165, 1.54) is 18.2 Å². The van der Waals surface area contributed by atoms with E-state index in [1.54, 1.807) is 6.92 Å². The SMILES string of the molecule is C[C@@H]1[C@H](C(=O)O)CCCN1S(=O)(=O)c1cccc(F)c1. The van der Waals surface area contributed by atoms with Crippen LogP contribution < -0.4 is 0 Å². The van der Waals surface area contributed by atoms with Crippen molar-refractivity contribution in [1.29, 1.82) is 0 Å². The van der Waals surface area contributed by atoms with Gasteiger partial charge in [-0.2, -0.15) is 4.31 Å². The number of carbonyl (C=O) groups is 1. The van der Waals surface area contributed by atoms with Gasteiger partial charge in [-0.15, -0.1) is 0 Å². The van der Waals surface area contributed by atoms with Gasteiger partial charge in [0.25, 0.3) is 0 Å². The minimum absolute atomic E-state index is 0.143. The van der Waals surface area contributed by atoms with Crippen molar-refractivity contribution in [2.75, 3.05) is 6.54 Å². The number of hydrogen-bond acceptors (Lipinski definition) is 3. The van der Waals surface area contributed by atoms with E-state index in [-0.39, 0.29) is 11.4 Å². The van der Waals surface area contributed by atoms with E-state index in [0.717, 1.165) is 10.4 Å². The van der Waals surface area contributed by atoms with Gasteiger partial charge in [0.05, 0.1) is 10.8 Å². The summed E-state index contributed by atoms with van der Waals surface area (Å²) in [5.74, 6) is -2.37. The minimum Gasteiger partial charge on any atom is -0.481 e. The van der Waals surface area contributed by atoms with Crippen LogP contribution in [0.15, 0.2) is 29.2 Å². The van der Waals surface area contributed by atoms with Crippen LogP contribution in [0.2, 0.25) is 0 Å². The topological polar surface area (TPSA) is 74.7 Å². The number of benzene rings is 1. The molecule has 1 aromatic rings. The van der Waals surface area contributed by atoms with Crippen LogP contribution in [-0.2, 0) is 14.8 Å². The summed E-state index contributed by atoms with van der Waals surface area (Å²) in [6.45, 7) is 1.83. The predicted molar refractivity (Wildman–Crippen MR) is 70.1 cm³/mol. The van der Waals surface area contributed by atoms with Crippen LogP contribution in [0, 0.1) is 11.7 Å². The van der Waals surface area contributed by atoms with Gasteiger partial charge in [-0.25, -0.2) is 12.8 Å². The van der Waals surface area contributed by atoms with Crippen molar-refractivity contribution in [1.82, 2.24) is 4.31 Å². The van der Waals surface area contributed by atoms with Gasteiger partial charge in [-0.05, 0) is 38.0 Å². The van der Waals surface area contributed by atoms with Crippen LogP contribution in [0.3, 0.4) is 0 Å². The van der Waals surface area contributed by atoms with Gasteiger partial charge in [0.1, 0.15) is 5.82 Å². The molecule has 2 rings (SSSR count). The lowest BCUT2D eigenvalue weighted by molar-refractivity contribution is -0.144. The molecule has 5 nitrogen and oxygen atoms in total. The zero-order valence-electron chi connectivity index (χ0n) is 11.0. The molecule has 0 aliphatic carbocycles. The molecule has 1 saturated heterocycles. The van der Waals surface area contributed by atoms with E-state index < -0.39 is 33.8 Å². The van der Waals surface area contributed by atoms with Gasteiger partial charge >= 0.3 is 5.97 Å². The third-order valence-electron chi connectivity index (χ3n) is 3.65. The van der Waals surface area contributed by atoms with Crippen molar-refractivity contribution < 1.29 is 22.7 Å². The molecule has 0 aromatic heterocycles. The highest BCUT2D eigenvalue weighted by Gasteiger charge is 2.39. The van der Waals surface area contributed by atoms with E-state index in [1.807, 2.05) is 0 Å². The van der Waals surface area contributed by atoms with E-state index in [9.17, 15) is 17.6 Å². The van der Waals surface area contributed by atoms with E-state index in [4.69, 9.17) is 5.11 Å². The van der Waals surface area contributed by atoms with Gasteiger partial charge in [0.2, 0.25) is 10.0 Å². The fourth-order valence-corrected chi connectivity index (χ4v) is 4.28. The maximum absolute atomic E-state index is 13.2. The van der Waals surface area contributed by atoms with Crippen LogP contribution in [0.25, 0.3) is 0 Å². The predicted octanol–water partition coefficient (Wildman–Crippen LogP) is 1.70. The highest BCUT2D eigenvalue weighted by atomic mass is 32.2. The number of carboxylic acids is 1. The molecule has 1 fully saturated rings. The lowest BCUT2D eigenvalue weighted by atomic mass is 9.92. The number of hydrogen-bond donors (Lipinski definition) is 1. The molecule has 2 atom stereocenters. The molecule has 1 aliphatic heterocycles. The molecule has 1 aliphatic rings. The van der Waals surface area contributed by atoms with Gasteiger partial charge < -0.3 is 5.11 Å². The molecule has 0 radical (unpaired) electrons. The summed E-state index contributed by atoms with van der Waals surface area (Å²) in [4.78, 5) is 11.0. The van der Waals surface area contributed by atoms with Gasteiger partial charge in [0, 0.05) is 12.6 Å². The number of aliphatic carboxylic acids is 1. The van der Waals surface area contributed by atoms with Gasteiger partial charge in [-0.1, -0.05) is 6.07 Å². The maximum Gasteiger partial charge on any atom is 0.308 e. The van der Waals surface area contributed by atoms with Gasteiger partial charge in [-0.3, -0.25) is 4.79 Å². The Hall–Kier alpha value is -1.47. The first-order valence-electron chi connectivity index (χ1n) is 6.34. The summed E-state index contributed by atoms with van der Waals surface area (Å²) in [5, 5.41) is 9.13. The highest BCUT2D eigenvalue weighted by Crippen LogP contribution is 2.29. The number of rotatable bonds is 3. The zero-order valence-corrected chi connectivity index (χ0v) is 11.8. The first-order valence-corrected chi connectivity index (χ1v) is 7.78. The molecule has 110 valence electrons. The second kappa shape index (κ2) is 5.49. The first kappa shape index (κ1) is 14.9. The number of sulfonamides is 1. The average Bonchev–Trinajstić information content (AvgIpc) is 2.38. The minimum atomic E-state index is -3.87. The van der Waals surface area contributed by atoms with Crippen molar-refractivity contribution in [2.45, 2.75) is 30.7 Å². The van der Waals surface area contributed by atoms with Crippen molar-refractivity contribution in [2.24, 2.45) is 5.92 Å². The van der Waals surface area contributed by atoms with E-state index >= 15 is 0 Å². The fraction of sp³-hybridized carbons (Fsp3) is 0.462. The molecule has 0 amide bonds. The third-order valence-corrected chi connectivity index (χ3v) is 5.63. The summed E-state index contributed by atoms with van der Waals surface area (Å²) in [5.41, 5.74) is 0. The Labute approximate surface area is 117 Å². The van der Waals surface area contributed by atoms with Crippen molar-refractivity contribution in [3.8, 4) is 0 Å². The number of halogens is 1. The summed E-state index contributed by atoms with van der Waals surface area (Å²) >= 11 is 0. The van der Waals surface area contributed by atoms with Crippen molar-refractivity contribution in [3.63, 3.8) is 0 Å². The fourth-order valence-electron chi connectivity index (χ4n) is 2.54. The molecule has 1 heterocycles. The van der Waals surface area contributed by atoms with Crippen LogP contribution in [0.5, 0.6) is 0 Å². The average molecular weight is 301 g/mol. The number of carboxylic acid groups (broad SMARTS) is 1. The summed E-state index contributed by atoms with van der Waals surface area (Å²) < 4.78 is 39.3. The Morgan fingerprint density at radius 2 is 2.15 bits per heavy atom. The third kappa shape index (κ3) is 2.69. The Bertz CT molecular complexity index is 617. The standard InChI is InChI=1S/C13H16FNO4S/c1-9-12(13(16)17)6-3-7-15(9)20(18,19)11-5-2-4-10(14)8-11/h2,4-5,8-9,12H,3,6-7H2,1H3,(H,16,17)/t9-,12-/m1/s1. The molecule has 20 heavy (non-hydrogen) atoms. The van der Waals surface area contributed by atoms with E-state index in [0.29, 0.717) is 12.8 Å². The second-order valence-electron chi connectivity index (χ2n) is 4.90. The Morgan fingerprint density at radius 1 is 1.45 bits per heavy atom. The molecule has 1 aromatic carbocycles. The van der Waals surface area contributed by atoms with Crippen LogP contribution in [0.4, 0.5) is 4.39 Å². The molecular weight excluding hydrogens is 285 g/mol. The maximum atomic E-state index is 13.2. The van der Waals surface area contributed by atoms with Crippen LogP contribution >= 0.6 is 0 Å². The van der Waals surface area contributed by atoms with Crippen molar-refractivity contribution >= 4 is 16.0 Å². The number of nitrogens with zero attached hydrogens (tertiary/aromatic N) is 1. The largest absolute Gasteiger partial charge is 0.481 e. The monoisotopic (exact) mass is 301 g/mol. The molecule has 0 spiro atoms. The number of piperidine rings is 1. The van der Waals surface area contributed by atoms with Crippen LogP contribution in [0.1, 0.15) is 19.8 Å². The Morgan fingerprint density at radius 3 is 2.75 bits per heavy atom. The molecule has 0 saturated carbocycles. The molecule has 0 bridgehead atoms. The smallest absolute Gasteiger partial charge is 0.308 e. The molecule has 7 heteroatoms. The van der Waals surface area contributed by atoms with Gasteiger partial charge in [0.15, 0.2) is 0 Å². The summed E-state index contributed by atoms with van der Waals surface area (Å²) in [6, 6.07) is 4.11. The lowest BCUT2D eigenvalue weighted by Crippen LogP contribution is -2.48. The van der Waals surface area contributed by atoms with Crippen LogP contribution in [-0.4, -0.2) is 36.4 Å². The molecule has 1 N–H and O–H groups in total. The summed E-state index contributed by atoms with van der Waals surface area (Å²) in [7, 11) is -3.87.